The molecule has 3 aromatic rings. The first-order valence-corrected chi connectivity index (χ1v) is 7.46. The molecule has 0 saturated carbocycles. The molecule has 0 unspecified atom stereocenters. The van der Waals surface area contributed by atoms with Crippen molar-refractivity contribution in [3.05, 3.63) is 47.7 Å². The highest BCUT2D eigenvalue weighted by atomic mass is 16.5. The number of aromatic nitrogens is 5. The van der Waals surface area contributed by atoms with Crippen molar-refractivity contribution in [3.8, 4) is 17.0 Å². The van der Waals surface area contributed by atoms with Crippen molar-refractivity contribution < 1.29 is 9.53 Å². The number of methoxy groups -OCH3 is 1. The van der Waals surface area contributed by atoms with E-state index < -0.39 is 0 Å². The first-order valence-electron chi connectivity index (χ1n) is 7.46. The van der Waals surface area contributed by atoms with Crippen LogP contribution in [-0.4, -0.2) is 38.4 Å². The Hall–Kier alpha value is -3.16. The van der Waals surface area contributed by atoms with Gasteiger partial charge in [0, 0.05) is 5.56 Å². The van der Waals surface area contributed by atoms with Crippen molar-refractivity contribution in [2.24, 2.45) is 0 Å². The lowest BCUT2D eigenvalue weighted by Gasteiger charge is -2.11. The molecule has 1 aromatic carbocycles. The normalized spacial score (nSPS) is 12.0. The molecule has 1 amide bonds. The van der Waals surface area contributed by atoms with E-state index in [4.69, 9.17) is 4.74 Å². The third-order valence-corrected chi connectivity index (χ3v) is 3.59. The van der Waals surface area contributed by atoms with Gasteiger partial charge in [0.05, 0.1) is 30.6 Å². The number of nitrogens with zero attached hydrogens (tertiary/aromatic N) is 3. The van der Waals surface area contributed by atoms with Crippen molar-refractivity contribution in [3.63, 3.8) is 0 Å². The van der Waals surface area contributed by atoms with E-state index in [1.165, 1.54) is 6.20 Å². The number of aromatic amines is 2. The molecule has 0 fully saturated rings. The van der Waals surface area contributed by atoms with E-state index in [1.54, 1.807) is 7.11 Å². The molecule has 0 spiro atoms. The van der Waals surface area contributed by atoms with E-state index in [-0.39, 0.29) is 11.9 Å². The fourth-order valence-corrected chi connectivity index (χ4v) is 2.35. The summed E-state index contributed by atoms with van der Waals surface area (Å²) in [7, 11) is 1.60. The molecule has 0 bridgehead atoms. The third-order valence-electron chi connectivity index (χ3n) is 3.59. The minimum atomic E-state index is -0.324. The molecule has 3 rings (SSSR count). The highest BCUT2D eigenvalue weighted by Crippen LogP contribution is 2.25. The van der Waals surface area contributed by atoms with Crippen LogP contribution in [0.2, 0.25) is 0 Å². The number of amides is 1. The number of benzene rings is 1. The highest BCUT2D eigenvalue weighted by molar-refractivity contribution is 5.99. The largest absolute Gasteiger partial charge is 0.497 e. The molecule has 1 atom stereocenters. The molecule has 0 aliphatic rings. The summed E-state index contributed by atoms with van der Waals surface area (Å²) in [5.74, 6) is 1.69. The van der Waals surface area contributed by atoms with Crippen LogP contribution >= 0.6 is 0 Å². The molecule has 8 nitrogen and oxygen atoms in total. The topological polar surface area (TPSA) is 109 Å². The van der Waals surface area contributed by atoms with Gasteiger partial charge in [0.25, 0.3) is 5.91 Å². The van der Waals surface area contributed by atoms with Crippen LogP contribution < -0.4 is 10.1 Å². The van der Waals surface area contributed by atoms with Gasteiger partial charge in [-0.1, -0.05) is 12.1 Å². The molecule has 124 valence electrons. The number of H-pyrrole nitrogens is 2. The summed E-state index contributed by atoms with van der Waals surface area (Å²) in [6.45, 7) is 3.63. The zero-order valence-electron chi connectivity index (χ0n) is 13.6. The van der Waals surface area contributed by atoms with Gasteiger partial charge in [0.15, 0.2) is 5.82 Å². The zero-order chi connectivity index (χ0) is 17.1. The lowest BCUT2D eigenvalue weighted by molar-refractivity contribution is 0.0939. The van der Waals surface area contributed by atoms with Crippen LogP contribution in [0.1, 0.15) is 35.0 Å². The number of carbonyl (C=O) groups is 1. The van der Waals surface area contributed by atoms with Gasteiger partial charge >= 0.3 is 0 Å². The quantitative estimate of drug-likeness (QED) is 0.664. The fraction of sp³-hybridized carbons (Fsp3) is 0.250. The Balaban J connectivity index is 1.82. The Kier molecular flexibility index (Phi) is 4.28. The molecule has 0 aliphatic heterocycles. The maximum atomic E-state index is 12.6. The molecule has 2 heterocycles. The molecular weight excluding hydrogens is 308 g/mol. The first-order chi connectivity index (χ1) is 11.6. The lowest BCUT2D eigenvalue weighted by Crippen LogP contribution is -2.27. The summed E-state index contributed by atoms with van der Waals surface area (Å²) in [6, 6.07) is 7.10. The molecule has 2 aromatic heterocycles. The van der Waals surface area contributed by atoms with E-state index in [9.17, 15) is 4.79 Å². The molecule has 24 heavy (non-hydrogen) atoms. The van der Waals surface area contributed by atoms with Crippen molar-refractivity contribution >= 4 is 5.91 Å². The van der Waals surface area contributed by atoms with Gasteiger partial charge in [0.1, 0.15) is 11.6 Å². The fourth-order valence-electron chi connectivity index (χ4n) is 2.35. The predicted molar refractivity (Wildman–Crippen MR) is 87.6 cm³/mol. The molecule has 0 saturated heterocycles. The van der Waals surface area contributed by atoms with Crippen LogP contribution in [0.15, 0.2) is 30.5 Å². The standard InChI is InChI=1S/C16H18N6O2/c1-9(15-19-10(2)20-22-15)18-16(23)13-8-17-21-14(13)11-5-4-6-12(7-11)24-3/h4-9H,1-3H3,(H,17,21)(H,18,23)(H,19,20,22)/t9-/m0/s1. The highest BCUT2D eigenvalue weighted by Gasteiger charge is 2.19. The average Bonchev–Trinajstić information content (AvgIpc) is 3.23. The Labute approximate surface area is 138 Å². The Morgan fingerprint density at radius 1 is 1.33 bits per heavy atom. The summed E-state index contributed by atoms with van der Waals surface area (Å²) in [5.41, 5.74) is 1.89. The lowest BCUT2D eigenvalue weighted by atomic mass is 10.1. The number of aryl methyl sites for hydroxylation is 1. The van der Waals surface area contributed by atoms with Crippen molar-refractivity contribution in [2.45, 2.75) is 19.9 Å². The van der Waals surface area contributed by atoms with E-state index in [0.717, 1.165) is 5.56 Å². The number of rotatable bonds is 5. The summed E-state index contributed by atoms with van der Waals surface area (Å²) in [4.78, 5) is 16.8. The van der Waals surface area contributed by atoms with E-state index in [2.05, 4.69) is 30.7 Å². The van der Waals surface area contributed by atoms with Crippen LogP contribution in [-0.2, 0) is 0 Å². The van der Waals surface area contributed by atoms with Crippen LogP contribution in [0.3, 0.4) is 0 Å². The maximum Gasteiger partial charge on any atom is 0.255 e. The number of ether oxygens (including phenoxy) is 1. The minimum Gasteiger partial charge on any atom is -0.497 e. The first kappa shape index (κ1) is 15.7. The van der Waals surface area contributed by atoms with Gasteiger partial charge < -0.3 is 10.1 Å². The third kappa shape index (κ3) is 3.12. The van der Waals surface area contributed by atoms with Gasteiger partial charge in [-0.15, -0.1) is 0 Å². The smallest absolute Gasteiger partial charge is 0.255 e. The number of carbonyl (C=O) groups excluding carboxylic acids is 1. The molecule has 0 radical (unpaired) electrons. The second kappa shape index (κ2) is 6.53. The van der Waals surface area contributed by atoms with E-state index in [0.29, 0.717) is 28.7 Å². The maximum absolute atomic E-state index is 12.6. The van der Waals surface area contributed by atoms with Gasteiger partial charge in [-0.2, -0.15) is 10.2 Å². The molecule has 0 aliphatic carbocycles. The average molecular weight is 326 g/mol. The van der Waals surface area contributed by atoms with Crippen LogP contribution in [0.4, 0.5) is 0 Å². The monoisotopic (exact) mass is 326 g/mol. The van der Waals surface area contributed by atoms with Crippen molar-refractivity contribution in [1.82, 2.24) is 30.7 Å². The molecule has 8 heteroatoms. The van der Waals surface area contributed by atoms with E-state index in [1.807, 2.05) is 38.1 Å². The second-order valence-electron chi connectivity index (χ2n) is 5.36. The summed E-state index contributed by atoms with van der Waals surface area (Å²) in [6.07, 6.45) is 1.50. The van der Waals surface area contributed by atoms with Crippen LogP contribution in [0.25, 0.3) is 11.3 Å². The Morgan fingerprint density at radius 2 is 2.17 bits per heavy atom. The Morgan fingerprint density at radius 3 is 2.88 bits per heavy atom. The summed E-state index contributed by atoms with van der Waals surface area (Å²) in [5, 5.41) is 16.6. The van der Waals surface area contributed by atoms with Gasteiger partial charge in [-0.3, -0.25) is 15.0 Å². The number of nitrogens with one attached hydrogen (secondary N) is 3. The van der Waals surface area contributed by atoms with Gasteiger partial charge in [-0.25, -0.2) is 4.98 Å². The molecular formula is C16H18N6O2. The Bertz CT molecular complexity index is 854. The summed E-state index contributed by atoms with van der Waals surface area (Å²) >= 11 is 0. The number of hydrogen-bond donors (Lipinski definition) is 3. The predicted octanol–water partition coefficient (Wildman–Crippen LogP) is 2.00. The van der Waals surface area contributed by atoms with Gasteiger partial charge in [0.2, 0.25) is 0 Å². The van der Waals surface area contributed by atoms with Crippen LogP contribution in [0, 0.1) is 6.92 Å². The van der Waals surface area contributed by atoms with Crippen molar-refractivity contribution in [1.29, 1.82) is 0 Å². The van der Waals surface area contributed by atoms with E-state index >= 15 is 0 Å². The minimum absolute atomic E-state index is 0.253. The SMILES string of the molecule is COc1cccc(-c2[nH]ncc2C(=O)N[C@@H](C)c2n[nH]c(C)n2)c1. The molecule has 3 N–H and O–H groups in total. The zero-order valence-corrected chi connectivity index (χ0v) is 13.6. The van der Waals surface area contributed by atoms with Crippen molar-refractivity contribution in [2.75, 3.05) is 7.11 Å². The second-order valence-corrected chi connectivity index (χ2v) is 5.36. The summed E-state index contributed by atoms with van der Waals surface area (Å²) < 4.78 is 5.22. The number of hydrogen-bond acceptors (Lipinski definition) is 5. The van der Waals surface area contributed by atoms with Crippen LogP contribution in [0.5, 0.6) is 5.75 Å². The van der Waals surface area contributed by atoms with Gasteiger partial charge in [-0.05, 0) is 26.0 Å².